The lowest BCUT2D eigenvalue weighted by Gasteiger charge is -2.42. The molecule has 4 fully saturated rings. The summed E-state index contributed by atoms with van der Waals surface area (Å²) in [6.07, 6.45) is 9.70. The van der Waals surface area contributed by atoms with Gasteiger partial charge in [-0.2, -0.15) is 24.9 Å². The van der Waals surface area contributed by atoms with Gasteiger partial charge in [0, 0.05) is 41.4 Å². The van der Waals surface area contributed by atoms with E-state index in [4.69, 9.17) is 0 Å². The number of hydrogen-bond acceptors (Lipinski definition) is 5. The van der Waals surface area contributed by atoms with Gasteiger partial charge in [0.2, 0.25) is 0 Å². The van der Waals surface area contributed by atoms with Gasteiger partial charge in [0.1, 0.15) is 0 Å². The van der Waals surface area contributed by atoms with Gasteiger partial charge < -0.3 is 0 Å². The Kier molecular flexibility index (Phi) is 6.67. The molecule has 6 nitrogen and oxygen atoms in total. The molecule has 2 aromatic heterocycles. The van der Waals surface area contributed by atoms with Gasteiger partial charge in [0.15, 0.2) is 0 Å². The quantitative estimate of drug-likeness (QED) is 0.601. The average molecular weight is 524 g/mol. The van der Waals surface area contributed by atoms with Crippen LogP contribution < -0.4 is 11.1 Å². The third-order valence-corrected chi connectivity index (χ3v) is 10.6. The van der Waals surface area contributed by atoms with E-state index < -0.39 is 11.7 Å². The highest BCUT2D eigenvalue weighted by molar-refractivity contribution is 8.00. The van der Waals surface area contributed by atoms with Crippen LogP contribution in [0.25, 0.3) is 5.52 Å². The van der Waals surface area contributed by atoms with Crippen molar-refractivity contribution in [2.24, 2.45) is 11.8 Å². The van der Waals surface area contributed by atoms with Crippen LogP contribution in [0.3, 0.4) is 0 Å². The van der Waals surface area contributed by atoms with Crippen molar-refractivity contribution < 1.29 is 13.2 Å². The minimum absolute atomic E-state index is 0.0562. The molecule has 0 spiro atoms. The lowest BCUT2D eigenvalue weighted by Crippen LogP contribution is -2.51. The van der Waals surface area contributed by atoms with E-state index in [0.29, 0.717) is 23.1 Å². The normalized spacial score (nSPS) is 30.3. The monoisotopic (exact) mass is 523 g/mol. The van der Waals surface area contributed by atoms with Crippen molar-refractivity contribution in [1.29, 1.82) is 0 Å². The molecule has 0 amide bonds. The van der Waals surface area contributed by atoms with Crippen LogP contribution in [-0.4, -0.2) is 55.8 Å². The number of aromatic nitrogens is 2. The van der Waals surface area contributed by atoms with E-state index in [1.54, 1.807) is 4.57 Å². The second-order valence-electron chi connectivity index (χ2n) is 11.3. The number of nitrogens with zero attached hydrogens (tertiary/aromatic N) is 4. The maximum absolute atomic E-state index is 13.6. The summed E-state index contributed by atoms with van der Waals surface area (Å²) in [5.41, 5.74) is 2.71. The molecular formula is C26H36F3N5OS. The Bertz CT molecular complexity index is 1140. The molecule has 1 N–H and O–H groups in total. The number of thioether (sulfide) groups is 1. The Morgan fingerprint density at radius 3 is 2.56 bits per heavy atom. The maximum atomic E-state index is 13.6. The molecule has 0 bridgehead atoms. The minimum atomic E-state index is -4.49. The fraction of sp³-hybridized carbons (Fsp3) is 0.731. The Morgan fingerprint density at radius 2 is 1.86 bits per heavy atom. The average Bonchev–Trinajstić information content (AvgIpc) is 3.54. The maximum Gasteiger partial charge on any atom is 0.418 e. The molecule has 4 heterocycles. The third-order valence-electron chi connectivity index (χ3n) is 9.08. The van der Waals surface area contributed by atoms with Gasteiger partial charge in [0.25, 0.3) is 0 Å². The van der Waals surface area contributed by atoms with Crippen LogP contribution in [0.15, 0.2) is 29.3 Å². The van der Waals surface area contributed by atoms with Crippen molar-refractivity contribution in [2.75, 3.05) is 19.5 Å². The SMILES string of the molecule is CN1CN(C2CCCCC2)NC1[C@H](C1CCC1)C1CC(n2cc3c(C(F)(F)F)cccn3c2=O)CS1. The second-order valence-corrected chi connectivity index (χ2v) is 12.5. The van der Waals surface area contributed by atoms with Gasteiger partial charge >= 0.3 is 11.9 Å². The van der Waals surface area contributed by atoms with Crippen LogP contribution in [0.2, 0.25) is 0 Å². The highest BCUT2D eigenvalue weighted by Gasteiger charge is 2.47. The molecular weight excluding hydrogens is 487 g/mol. The molecule has 2 saturated heterocycles. The first-order chi connectivity index (χ1) is 17.3. The van der Waals surface area contributed by atoms with Gasteiger partial charge in [-0.1, -0.05) is 38.5 Å². The van der Waals surface area contributed by atoms with Crippen molar-refractivity contribution in [3.05, 3.63) is 40.6 Å². The molecule has 4 aliphatic rings. The van der Waals surface area contributed by atoms with Crippen LogP contribution in [0.4, 0.5) is 13.2 Å². The third kappa shape index (κ3) is 4.41. The highest BCUT2D eigenvalue weighted by Crippen LogP contribution is 2.48. The molecule has 36 heavy (non-hydrogen) atoms. The highest BCUT2D eigenvalue weighted by atomic mass is 32.2. The van der Waals surface area contributed by atoms with Crippen LogP contribution in [0.5, 0.6) is 0 Å². The zero-order valence-corrected chi connectivity index (χ0v) is 21.6. The first-order valence-electron chi connectivity index (χ1n) is 13.5. The van der Waals surface area contributed by atoms with Gasteiger partial charge in [0.05, 0.1) is 23.9 Å². The molecule has 2 aromatic rings. The standard InChI is InChI=1S/C26H36F3N5OS/c1-31-16-34(18-9-3-2-4-10-18)30-24(31)23(17-7-5-8-17)22-13-19(15-36-22)33-14-21-20(26(27,28)29)11-6-12-32(21)25(33)35/h6,11-12,14,17-19,22-24,30H,2-5,7-10,13,15-16H2,1H3/t19?,22?,23-,24?/m1/s1. The summed E-state index contributed by atoms with van der Waals surface area (Å²) >= 11 is 1.91. The van der Waals surface area contributed by atoms with Crippen molar-refractivity contribution >= 4 is 17.3 Å². The molecule has 4 atom stereocenters. The van der Waals surface area contributed by atoms with Crippen LogP contribution in [0, 0.1) is 11.8 Å². The fourth-order valence-electron chi connectivity index (χ4n) is 6.95. The van der Waals surface area contributed by atoms with Gasteiger partial charge in [-0.25, -0.2) is 15.2 Å². The summed E-state index contributed by atoms with van der Waals surface area (Å²) < 4.78 is 43.4. The largest absolute Gasteiger partial charge is 0.418 e. The molecule has 6 rings (SSSR count). The van der Waals surface area contributed by atoms with Crippen LogP contribution >= 0.6 is 11.8 Å². The summed E-state index contributed by atoms with van der Waals surface area (Å²) in [6.45, 7) is 0.934. The number of alkyl halides is 3. The van der Waals surface area contributed by atoms with Crippen molar-refractivity contribution in [3.8, 4) is 0 Å². The predicted octanol–water partition coefficient (Wildman–Crippen LogP) is 4.95. The molecule has 2 saturated carbocycles. The summed E-state index contributed by atoms with van der Waals surface area (Å²) in [6, 6.07) is 2.88. The number of hydrogen-bond donors (Lipinski definition) is 1. The Hall–Kier alpha value is -1.49. The summed E-state index contributed by atoms with van der Waals surface area (Å²) in [7, 11) is 2.22. The number of imidazole rings is 1. The number of rotatable bonds is 5. The summed E-state index contributed by atoms with van der Waals surface area (Å²) in [4.78, 5) is 15.6. The Labute approximate surface area is 214 Å². The Morgan fingerprint density at radius 1 is 1.08 bits per heavy atom. The van der Waals surface area contributed by atoms with Gasteiger partial charge in [-0.15, -0.1) is 0 Å². The van der Waals surface area contributed by atoms with E-state index in [1.165, 1.54) is 69.8 Å². The van der Waals surface area contributed by atoms with Crippen molar-refractivity contribution in [1.82, 2.24) is 24.3 Å². The van der Waals surface area contributed by atoms with Gasteiger partial charge in [-0.3, -0.25) is 13.9 Å². The fourth-order valence-corrected chi connectivity index (χ4v) is 8.67. The molecule has 0 aromatic carbocycles. The lowest BCUT2D eigenvalue weighted by atomic mass is 9.72. The predicted molar refractivity (Wildman–Crippen MR) is 136 cm³/mol. The molecule has 3 unspecified atom stereocenters. The van der Waals surface area contributed by atoms with Gasteiger partial charge in [-0.05, 0) is 44.4 Å². The zero-order chi connectivity index (χ0) is 25.0. The van der Waals surface area contributed by atoms with E-state index in [9.17, 15) is 18.0 Å². The van der Waals surface area contributed by atoms with Crippen molar-refractivity contribution in [2.45, 2.75) is 87.5 Å². The molecule has 2 aliphatic heterocycles. The smallest absolute Gasteiger partial charge is 0.294 e. The molecule has 0 radical (unpaired) electrons. The van der Waals surface area contributed by atoms with Crippen molar-refractivity contribution in [3.63, 3.8) is 0 Å². The first kappa shape index (κ1) is 24.8. The molecule has 10 heteroatoms. The van der Waals surface area contributed by atoms with Crippen LogP contribution in [0.1, 0.15) is 69.4 Å². The topological polar surface area (TPSA) is 44.9 Å². The number of pyridine rings is 1. The summed E-state index contributed by atoms with van der Waals surface area (Å²) in [5, 5.41) is 2.85. The van der Waals surface area contributed by atoms with E-state index in [1.807, 2.05) is 11.8 Å². The number of halogens is 3. The number of nitrogens with one attached hydrogen (secondary N) is 1. The number of hydrazine groups is 1. The van der Waals surface area contributed by atoms with E-state index >= 15 is 0 Å². The minimum Gasteiger partial charge on any atom is -0.294 e. The number of fused-ring (bicyclic) bond motifs is 1. The molecule has 2 aliphatic carbocycles. The zero-order valence-electron chi connectivity index (χ0n) is 20.8. The van der Waals surface area contributed by atoms with E-state index in [2.05, 4.69) is 22.4 Å². The summed E-state index contributed by atoms with van der Waals surface area (Å²) in [5.74, 6) is 1.88. The lowest BCUT2D eigenvalue weighted by molar-refractivity contribution is -0.136. The second kappa shape index (κ2) is 9.67. The first-order valence-corrected chi connectivity index (χ1v) is 14.5. The van der Waals surface area contributed by atoms with E-state index in [0.717, 1.165) is 29.3 Å². The Balaban J connectivity index is 1.23. The molecule has 198 valence electrons. The van der Waals surface area contributed by atoms with E-state index in [-0.39, 0.29) is 23.4 Å². The van der Waals surface area contributed by atoms with Crippen LogP contribution in [-0.2, 0) is 6.18 Å².